The van der Waals surface area contributed by atoms with Crippen LogP contribution in [-0.4, -0.2) is 54.1 Å². The highest BCUT2D eigenvalue weighted by atomic mass is 35.5. The zero-order valence-electron chi connectivity index (χ0n) is 16.4. The molecule has 0 N–H and O–H groups in total. The number of hydrogen-bond acceptors (Lipinski definition) is 5. The zero-order valence-corrected chi connectivity index (χ0v) is 17.9. The first-order valence-electron chi connectivity index (χ1n) is 9.52. The predicted molar refractivity (Wildman–Crippen MR) is 119 cm³/mol. The van der Waals surface area contributed by atoms with E-state index in [-0.39, 0.29) is 5.91 Å². The number of rotatable bonds is 4. The number of methoxy groups -OCH3 is 1. The van der Waals surface area contributed by atoms with Gasteiger partial charge < -0.3 is 14.5 Å². The molecule has 0 atom stereocenters. The molecule has 1 aliphatic rings. The molecule has 2 aromatic carbocycles. The number of ether oxygens (including phenoxy) is 1. The van der Waals surface area contributed by atoms with Gasteiger partial charge in [0, 0.05) is 37.8 Å². The van der Waals surface area contributed by atoms with E-state index < -0.39 is 0 Å². The van der Waals surface area contributed by atoms with Crippen molar-refractivity contribution in [2.24, 2.45) is 0 Å². The van der Waals surface area contributed by atoms with Gasteiger partial charge in [-0.25, -0.2) is 9.97 Å². The molecule has 8 heteroatoms. The Morgan fingerprint density at radius 2 is 1.67 bits per heavy atom. The van der Waals surface area contributed by atoms with Crippen LogP contribution in [0.25, 0.3) is 11.3 Å². The number of aromatic nitrogens is 2. The van der Waals surface area contributed by atoms with Gasteiger partial charge in [0.2, 0.25) is 0 Å². The fourth-order valence-electron chi connectivity index (χ4n) is 3.52. The van der Waals surface area contributed by atoms with Gasteiger partial charge in [-0.1, -0.05) is 53.5 Å². The maximum atomic E-state index is 13.1. The highest BCUT2D eigenvalue weighted by Crippen LogP contribution is 2.35. The van der Waals surface area contributed by atoms with Crippen molar-refractivity contribution in [3.63, 3.8) is 0 Å². The molecule has 1 aliphatic heterocycles. The molecule has 4 rings (SSSR count). The molecule has 1 aromatic heterocycles. The molecule has 0 bridgehead atoms. The predicted octanol–water partition coefficient (Wildman–Crippen LogP) is 4.42. The lowest BCUT2D eigenvalue weighted by atomic mass is 10.1. The summed E-state index contributed by atoms with van der Waals surface area (Å²) >= 11 is 12.5. The van der Waals surface area contributed by atoms with Crippen molar-refractivity contribution in [2.45, 2.75) is 0 Å². The molecule has 2 heterocycles. The molecule has 1 saturated heterocycles. The third kappa shape index (κ3) is 4.06. The average molecular weight is 443 g/mol. The Hall–Kier alpha value is -2.83. The minimum absolute atomic E-state index is 0.188. The van der Waals surface area contributed by atoms with Crippen molar-refractivity contribution < 1.29 is 9.53 Å². The van der Waals surface area contributed by atoms with Crippen molar-refractivity contribution in [3.8, 4) is 17.0 Å². The normalized spacial score (nSPS) is 14.0. The monoisotopic (exact) mass is 442 g/mol. The van der Waals surface area contributed by atoms with E-state index in [4.69, 9.17) is 27.9 Å². The van der Waals surface area contributed by atoms with Gasteiger partial charge in [0.15, 0.2) is 5.75 Å². The van der Waals surface area contributed by atoms with Crippen LogP contribution in [0, 0.1) is 0 Å². The van der Waals surface area contributed by atoms with Crippen molar-refractivity contribution in [1.82, 2.24) is 14.9 Å². The van der Waals surface area contributed by atoms with E-state index in [1.54, 1.807) is 23.4 Å². The van der Waals surface area contributed by atoms with Crippen LogP contribution in [0.2, 0.25) is 10.0 Å². The number of anilines is 1. The van der Waals surface area contributed by atoms with Crippen LogP contribution in [-0.2, 0) is 0 Å². The Morgan fingerprint density at radius 1 is 0.967 bits per heavy atom. The number of carbonyl (C=O) groups excluding carboxylic acids is 1. The summed E-state index contributed by atoms with van der Waals surface area (Å²) in [6.45, 7) is 2.37. The van der Waals surface area contributed by atoms with Crippen LogP contribution >= 0.6 is 23.2 Å². The van der Waals surface area contributed by atoms with E-state index in [9.17, 15) is 4.79 Å². The van der Waals surface area contributed by atoms with E-state index in [0.29, 0.717) is 47.5 Å². The lowest BCUT2D eigenvalue weighted by molar-refractivity contribution is 0.0743. The summed E-state index contributed by atoms with van der Waals surface area (Å²) in [6, 6.07) is 15.2. The smallest absolute Gasteiger partial charge is 0.259 e. The van der Waals surface area contributed by atoms with E-state index in [2.05, 4.69) is 14.9 Å². The molecular weight excluding hydrogens is 423 g/mol. The van der Waals surface area contributed by atoms with Crippen LogP contribution in [0.15, 0.2) is 54.9 Å². The molecule has 154 valence electrons. The van der Waals surface area contributed by atoms with Gasteiger partial charge in [-0.3, -0.25) is 4.79 Å². The molecule has 0 radical (unpaired) electrons. The van der Waals surface area contributed by atoms with Gasteiger partial charge in [-0.2, -0.15) is 0 Å². The number of amides is 1. The molecule has 0 unspecified atom stereocenters. The number of benzene rings is 2. The maximum absolute atomic E-state index is 13.1. The lowest BCUT2D eigenvalue weighted by Gasteiger charge is -2.35. The summed E-state index contributed by atoms with van der Waals surface area (Å²) in [6.07, 6.45) is 1.58. The largest absolute Gasteiger partial charge is 0.494 e. The molecule has 0 saturated carbocycles. The van der Waals surface area contributed by atoms with Crippen molar-refractivity contribution in [1.29, 1.82) is 0 Å². The second-order valence-corrected chi connectivity index (χ2v) is 7.66. The van der Waals surface area contributed by atoms with Crippen LogP contribution in [0.3, 0.4) is 0 Å². The highest BCUT2D eigenvalue weighted by Gasteiger charge is 2.28. The van der Waals surface area contributed by atoms with Gasteiger partial charge in [-0.15, -0.1) is 0 Å². The summed E-state index contributed by atoms with van der Waals surface area (Å²) in [5.74, 6) is 0.959. The minimum Gasteiger partial charge on any atom is -0.494 e. The Bertz CT molecular complexity index is 1050. The third-order valence-corrected chi connectivity index (χ3v) is 5.70. The van der Waals surface area contributed by atoms with Crippen LogP contribution in [0.5, 0.6) is 5.75 Å². The first-order chi connectivity index (χ1) is 14.6. The molecule has 1 fully saturated rings. The first-order valence-corrected chi connectivity index (χ1v) is 10.3. The molecular formula is C22H20Cl2N4O2. The number of hydrogen-bond donors (Lipinski definition) is 0. The lowest BCUT2D eigenvalue weighted by Crippen LogP contribution is -2.49. The summed E-state index contributed by atoms with van der Waals surface area (Å²) in [7, 11) is 1.48. The van der Waals surface area contributed by atoms with E-state index in [1.807, 2.05) is 36.4 Å². The van der Waals surface area contributed by atoms with Gasteiger partial charge in [-0.05, 0) is 12.1 Å². The van der Waals surface area contributed by atoms with Crippen LogP contribution in [0.1, 0.15) is 10.4 Å². The Kier molecular flexibility index (Phi) is 6.06. The molecule has 30 heavy (non-hydrogen) atoms. The second kappa shape index (κ2) is 8.90. The maximum Gasteiger partial charge on any atom is 0.259 e. The Balaban J connectivity index is 1.49. The standard InChI is InChI=1S/C22H20Cl2N4O2/c1-30-21-17(24)8-7-16(23)20(21)22(29)28-11-9-27(10-12-28)19-13-18(25-14-26-19)15-5-3-2-4-6-15/h2-8,13-14H,9-12H2,1H3. The zero-order chi connectivity index (χ0) is 21.1. The van der Waals surface area contributed by atoms with Crippen LogP contribution in [0.4, 0.5) is 5.82 Å². The molecule has 6 nitrogen and oxygen atoms in total. The highest BCUT2D eigenvalue weighted by molar-refractivity contribution is 6.37. The van der Waals surface area contributed by atoms with Crippen molar-refractivity contribution in [2.75, 3.05) is 38.2 Å². The molecule has 0 aliphatic carbocycles. The summed E-state index contributed by atoms with van der Waals surface area (Å²) < 4.78 is 5.32. The molecule has 0 spiro atoms. The third-order valence-electron chi connectivity index (χ3n) is 5.09. The second-order valence-electron chi connectivity index (χ2n) is 6.84. The SMILES string of the molecule is COc1c(Cl)ccc(Cl)c1C(=O)N1CCN(c2cc(-c3ccccc3)ncn2)CC1. The average Bonchev–Trinajstić information content (AvgIpc) is 2.80. The van der Waals surface area contributed by atoms with Gasteiger partial charge in [0.1, 0.15) is 17.7 Å². The fraction of sp³-hybridized carbons (Fsp3) is 0.227. The van der Waals surface area contributed by atoms with E-state index in [1.165, 1.54) is 7.11 Å². The summed E-state index contributed by atoms with van der Waals surface area (Å²) in [5, 5.41) is 0.685. The van der Waals surface area contributed by atoms with Crippen molar-refractivity contribution >= 4 is 34.9 Å². The summed E-state index contributed by atoms with van der Waals surface area (Å²) in [5.41, 5.74) is 2.21. The molecule has 1 amide bonds. The van der Waals surface area contributed by atoms with Gasteiger partial charge >= 0.3 is 0 Å². The van der Waals surface area contributed by atoms with Crippen molar-refractivity contribution in [3.05, 3.63) is 70.5 Å². The fourth-order valence-corrected chi connectivity index (χ4v) is 3.98. The number of carbonyl (C=O) groups is 1. The van der Waals surface area contributed by atoms with Crippen LogP contribution < -0.4 is 9.64 Å². The number of halogens is 2. The molecule has 3 aromatic rings. The van der Waals surface area contributed by atoms with Gasteiger partial charge in [0.05, 0.1) is 22.8 Å². The van der Waals surface area contributed by atoms with E-state index >= 15 is 0 Å². The quantitative estimate of drug-likeness (QED) is 0.598. The number of nitrogens with zero attached hydrogens (tertiary/aromatic N) is 4. The Labute approximate surface area is 185 Å². The topological polar surface area (TPSA) is 58.6 Å². The number of piperazine rings is 1. The first kappa shape index (κ1) is 20.4. The minimum atomic E-state index is -0.188. The summed E-state index contributed by atoms with van der Waals surface area (Å²) in [4.78, 5) is 25.8. The Morgan fingerprint density at radius 3 is 2.37 bits per heavy atom. The van der Waals surface area contributed by atoms with E-state index in [0.717, 1.165) is 17.1 Å². The van der Waals surface area contributed by atoms with Gasteiger partial charge in [0.25, 0.3) is 5.91 Å².